The molecule has 0 radical (unpaired) electrons. The Morgan fingerprint density at radius 1 is 1.19 bits per heavy atom. The number of benzene rings is 2. The van der Waals surface area contributed by atoms with E-state index >= 15 is 0 Å². The van der Waals surface area contributed by atoms with Gasteiger partial charge in [0.15, 0.2) is 0 Å². The van der Waals surface area contributed by atoms with E-state index in [4.69, 9.17) is 11.2 Å². The molecule has 1 saturated heterocycles. The van der Waals surface area contributed by atoms with Gasteiger partial charge in [-0.3, -0.25) is 4.79 Å². The molecule has 6 nitrogen and oxygen atoms in total. The van der Waals surface area contributed by atoms with Gasteiger partial charge in [-0.15, -0.1) is 11.4 Å². The van der Waals surface area contributed by atoms with Gasteiger partial charge in [-0.1, -0.05) is 55.3 Å². The van der Waals surface area contributed by atoms with Crippen molar-refractivity contribution in [2.45, 2.75) is 18.9 Å². The number of imide groups is 1. The van der Waals surface area contributed by atoms with Crippen LogP contribution in [-0.2, 0) is 10.3 Å². The number of ether oxygens (including phenoxy) is 1. The first kappa shape index (κ1) is 18.2. The van der Waals surface area contributed by atoms with E-state index in [1.165, 1.54) is 6.21 Å². The highest BCUT2D eigenvalue weighted by Gasteiger charge is 2.51. The van der Waals surface area contributed by atoms with Crippen LogP contribution in [0.3, 0.4) is 0 Å². The van der Waals surface area contributed by atoms with Gasteiger partial charge in [0.25, 0.3) is 5.91 Å². The van der Waals surface area contributed by atoms with Gasteiger partial charge in [-0.2, -0.15) is 5.10 Å². The van der Waals surface area contributed by atoms with Crippen molar-refractivity contribution in [1.29, 1.82) is 0 Å². The van der Waals surface area contributed by atoms with Crippen LogP contribution in [0.4, 0.5) is 4.79 Å². The Morgan fingerprint density at radius 3 is 2.59 bits per heavy atom. The highest BCUT2D eigenvalue weighted by Crippen LogP contribution is 2.32. The summed E-state index contributed by atoms with van der Waals surface area (Å²) in [4.78, 5) is 25.5. The number of para-hydroxylation sites is 1. The summed E-state index contributed by atoms with van der Waals surface area (Å²) < 4.78 is 5.46. The highest BCUT2D eigenvalue weighted by molar-refractivity contribution is 6.07. The quantitative estimate of drug-likeness (QED) is 0.489. The van der Waals surface area contributed by atoms with Crippen molar-refractivity contribution >= 4 is 18.2 Å². The van der Waals surface area contributed by atoms with Crippen LogP contribution < -0.4 is 10.1 Å². The maximum atomic E-state index is 13.0. The molecule has 3 rings (SSSR count). The molecule has 0 saturated carbocycles. The number of nitrogens with one attached hydrogen (secondary N) is 1. The largest absolute Gasteiger partial charge is 0.480 e. The molecule has 1 atom stereocenters. The average molecular weight is 361 g/mol. The molecule has 1 fully saturated rings. The number of rotatable bonds is 6. The van der Waals surface area contributed by atoms with E-state index in [1.54, 1.807) is 24.3 Å². The van der Waals surface area contributed by atoms with Crippen LogP contribution in [0.5, 0.6) is 5.75 Å². The zero-order valence-corrected chi connectivity index (χ0v) is 14.9. The molecular formula is C21H19N3O3. The third kappa shape index (κ3) is 3.40. The fourth-order valence-corrected chi connectivity index (χ4v) is 2.99. The minimum absolute atomic E-state index is 0.112. The number of carbonyl (C=O) groups excluding carboxylic acids is 2. The Hall–Kier alpha value is -3.59. The smallest absolute Gasteiger partial charge is 0.346 e. The molecule has 0 unspecified atom stereocenters. The summed E-state index contributed by atoms with van der Waals surface area (Å²) in [5.74, 6) is 2.50. The Balaban J connectivity index is 1.89. The molecule has 136 valence electrons. The molecule has 1 heterocycles. The van der Waals surface area contributed by atoms with Crippen LogP contribution in [0.2, 0.25) is 0 Å². The molecule has 2 aromatic rings. The standard InChI is InChI=1S/C21H19N3O3/c1-3-14-27-18-13-9-8-10-16(18)15-22-24-19(25)21(4-2,23-20(24)26)17-11-6-5-7-12-17/h1,5-13,15H,4,14H2,2H3,(H,23,26)/b22-15-/t21-/m0/s1. The van der Waals surface area contributed by atoms with Crippen molar-refractivity contribution in [3.05, 3.63) is 65.7 Å². The summed E-state index contributed by atoms with van der Waals surface area (Å²) in [7, 11) is 0. The van der Waals surface area contributed by atoms with E-state index < -0.39 is 17.5 Å². The van der Waals surface area contributed by atoms with Crippen LogP contribution in [0.1, 0.15) is 24.5 Å². The van der Waals surface area contributed by atoms with Crippen molar-refractivity contribution in [3.63, 3.8) is 0 Å². The fraction of sp³-hybridized carbons (Fsp3) is 0.190. The lowest BCUT2D eigenvalue weighted by molar-refractivity contribution is -0.131. The van der Waals surface area contributed by atoms with Crippen LogP contribution in [-0.4, -0.2) is 29.8 Å². The molecule has 0 spiro atoms. The van der Waals surface area contributed by atoms with E-state index in [9.17, 15) is 9.59 Å². The fourth-order valence-electron chi connectivity index (χ4n) is 2.99. The van der Waals surface area contributed by atoms with Crippen molar-refractivity contribution in [2.75, 3.05) is 6.61 Å². The molecule has 0 aliphatic carbocycles. The van der Waals surface area contributed by atoms with Gasteiger partial charge in [0.05, 0.1) is 6.21 Å². The lowest BCUT2D eigenvalue weighted by Crippen LogP contribution is -2.43. The third-order valence-electron chi connectivity index (χ3n) is 4.41. The Labute approximate surface area is 157 Å². The number of urea groups is 1. The Morgan fingerprint density at radius 2 is 1.89 bits per heavy atom. The maximum absolute atomic E-state index is 13.0. The summed E-state index contributed by atoms with van der Waals surface area (Å²) in [6, 6.07) is 15.7. The first-order valence-corrected chi connectivity index (χ1v) is 8.54. The zero-order chi connectivity index (χ0) is 19.3. The van der Waals surface area contributed by atoms with E-state index in [0.29, 0.717) is 17.7 Å². The number of amides is 3. The second-order valence-electron chi connectivity index (χ2n) is 5.95. The minimum atomic E-state index is -1.12. The first-order chi connectivity index (χ1) is 13.1. The molecule has 6 heteroatoms. The second kappa shape index (κ2) is 7.75. The molecule has 27 heavy (non-hydrogen) atoms. The van der Waals surface area contributed by atoms with Crippen molar-refractivity contribution < 1.29 is 14.3 Å². The minimum Gasteiger partial charge on any atom is -0.480 e. The lowest BCUT2D eigenvalue weighted by atomic mass is 9.87. The van der Waals surface area contributed by atoms with Gasteiger partial charge in [-0.25, -0.2) is 4.79 Å². The summed E-state index contributed by atoms with van der Waals surface area (Å²) in [6.07, 6.45) is 7.05. The first-order valence-electron chi connectivity index (χ1n) is 8.54. The third-order valence-corrected chi connectivity index (χ3v) is 4.41. The van der Waals surface area contributed by atoms with E-state index in [0.717, 1.165) is 10.6 Å². The van der Waals surface area contributed by atoms with Gasteiger partial charge in [0.1, 0.15) is 17.9 Å². The normalized spacial score (nSPS) is 19.2. The van der Waals surface area contributed by atoms with Gasteiger partial charge in [0, 0.05) is 5.56 Å². The molecule has 0 aromatic heterocycles. The predicted molar refractivity (Wildman–Crippen MR) is 102 cm³/mol. The van der Waals surface area contributed by atoms with Gasteiger partial charge in [0.2, 0.25) is 0 Å². The summed E-state index contributed by atoms with van der Waals surface area (Å²) in [5.41, 5.74) is 0.221. The van der Waals surface area contributed by atoms with Gasteiger partial charge >= 0.3 is 6.03 Å². The van der Waals surface area contributed by atoms with Crippen LogP contribution in [0, 0.1) is 12.3 Å². The van der Waals surface area contributed by atoms with Crippen LogP contribution >= 0.6 is 0 Å². The predicted octanol–water partition coefficient (Wildman–Crippen LogP) is 2.89. The molecule has 1 aliphatic rings. The van der Waals surface area contributed by atoms with Crippen LogP contribution in [0.25, 0.3) is 0 Å². The van der Waals surface area contributed by atoms with Crippen molar-refractivity contribution in [1.82, 2.24) is 10.3 Å². The number of hydrogen-bond acceptors (Lipinski definition) is 4. The summed E-state index contributed by atoms with van der Waals surface area (Å²) in [6.45, 7) is 1.96. The summed E-state index contributed by atoms with van der Waals surface area (Å²) >= 11 is 0. The van der Waals surface area contributed by atoms with Crippen LogP contribution in [0.15, 0.2) is 59.7 Å². The highest BCUT2D eigenvalue weighted by atomic mass is 16.5. The van der Waals surface area contributed by atoms with E-state index in [-0.39, 0.29) is 6.61 Å². The average Bonchev–Trinajstić information content (AvgIpc) is 2.96. The van der Waals surface area contributed by atoms with E-state index in [2.05, 4.69) is 16.3 Å². The number of nitrogens with zero attached hydrogens (tertiary/aromatic N) is 2. The number of hydrogen-bond donors (Lipinski definition) is 1. The number of carbonyl (C=O) groups is 2. The molecule has 0 bridgehead atoms. The van der Waals surface area contributed by atoms with Gasteiger partial charge in [-0.05, 0) is 24.1 Å². The van der Waals surface area contributed by atoms with Gasteiger partial charge < -0.3 is 10.1 Å². The monoisotopic (exact) mass is 361 g/mol. The number of terminal acetylenes is 1. The molecule has 3 amide bonds. The zero-order valence-electron chi connectivity index (χ0n) is 14.9. The molecular weight excluding hydrogens is 342 g/mol. The summed E-state index contributed by atoms with van der Waals surface area (Å²) in [5, 5.41) is 7.75. The second-order valence-corrected chi connectivity index (χ2v) is 5.95. The van der Waals surface area contributed by atoms with E-state index in [1.807, 2.05) is 37.3 Å². The maximum Gasteiger partial charge on any atom is 0.346 e. The molecule has 1 N–H and O–H groups in total. The number of hydrazone groups is 1. The van der Waals surface area contributed by atoms with Crippen molar-refractivity contribution in [3.8, 4) is 18.1 Å². The van der Waals surface area contributed by atoms with Crippen molar-refractivity contribution in [2.24, 2.45) is 5.10 Å². The topological polar surface area (TPSA) is 71.0 Å². The Kier molecular flexibility index (Phi) is 5.23. The SMILES string of the molecule is C#CCOc1ccccc1/C=N\N1C(=O)N[C@@](CC)(c2ccccc2)C1=O. The molecule has 1 aliphatic heterocycles. The molecule has 2 aromatic carbocycles. The lowest BCUT2D eigenvalue weighted by Gasteiger charge is -2.24. The Bertz CT molecular complexity index is 918.